The van der Waals surface area contributed by atoms with E-state index >= 15 is 0 Å². The van der Waals surface area contributed by atoms with Crippen molar-refractivity contribution in [3.63, 3.8) is 0 Å². The highest BCUT2D eigenvalue weighted by Crippen LogP contribution is 2.00. The molecule has 1 unspecified atom stereocenters. The summed E-state index contributed by atoms with van der Waals surface area (Å²) in [4.78, 5) is 21.3. The van der Waals surface area contributed by atoms with Crippen molar-refractivity contribution in [2.75, 3.05) is 6.54 Å². The van der Waals surface area contributed by atoms with Crippen LogP contribution in [-0.2, 0) is 9.59 Å². The zero-order valence-corrected chi connectivity index (χ0v) is 13.6. The Kier molecular flexibility index (Phi) is 15.4. The van der Waals surface area contributed by atoms with E-state index < -0.39 is 24.0 Å². The number of rotatable bonds is 11. The second kappa shape index (κ2) is 14.7. The quantitative estimate of drug-likeness (QED) is 0.279. The molecule has 0 aromatic heterocycles. The Bertz CT molecular complexity index is 301. The summed E-state index contributed by atoms with van der Waals surface area (Å²) in [5, 5.41) is 20.9. The van der Waals surface area contributed by atoms with Crippen LogP contribution in [0.1, 0.15) is 52.4 Å². The van der Waals surface area contributed by atoms with Crippen LogP contribution in [0.3, 0.4) is 0 Å². The molecule has 22 heavy (non-hydrogen) atoms. The van der Waals surface area contributed by atoms with Crippen LogP contribution in [0.5, 0.6) is 0 Å². The summed E-state index contributed by atoms with van der Waals surface area (Å²) in [5.41, 5.74) is 15.3. The molecule has 0 radical (unpaired) electrons. The predicted octanol–water partition coefficient (Wildman–Crippen LogP) is -0.514. The van der Waals surface area contributed by atoms with E-state index in [9.17, 15) is 14.7 Å². The first-order chi connectivity index (χ1) is 10.2. The lowest BCUT2D eigenvalue weighted by Gasteiger charge is -2.16. The SMILES string of the molecule is CCCC(N)N.CCCC(O)CN[C@@H](CCC(N)=O)C(=O)O. The Hall–Kier alpha value is -1.22. The topological polar surface area (TPSA) is 165 Å². The van der Waals surface area contributed by atoms with Gasteiger partial charge in [-0.1, -0.05) is 26.7 Å². The van der Waals surface area contributed by atoms with Gasteiger partial charge in [-0.15, -0.1) is 0 Å². The van der Waals surface area contributed by atoms with Crippen molar-refractivity contribution in [1.82, 2.24) is 5.32 Å². The molecule has 0 aliphatic heterocycles. The van der Waals surface area contributed by atoms with Gasteiger partial charge in [0.15, 0.2) is 0 Å². The van der Waals surface area contributed by atoms with E-state index in [2.05, 4.69) is 12.2 Å². The molecule has 0 saturated carbocycles. The van der Waals surface area contributed by atoms with Crippen LogP contribution in [0.15, 0.2) is 0 Å². The number of carbonyl (C=O) groups excluding carboxylic acids is 1. The minimum Gasteiger partial charge on any atom is -0.480 e. The van der Waals surface area contributed by atoms with Gasteiger partial charge in [0, 0.05) is 13.0 Å². The summed E-state index contributed by atoms with van der Waals surface area (Å²) in [5.74, 6) is -1.56. The van der Waals surface area contributed by atoms with Gasteiger partial charge >= 0.3 is 5.97 Å². The summed E-state index contributed by atoms with van der Waals surface area (Å²) in [7, 11) is 0. The Balaban J connectivity index is 0. The van der Waals surface area contributed by atoms with Gasteiger partial charge in [0.1, 0.15) is 6.04 Å². The van der Waals surface area contributed by atoms with E-state index in [0.717, 1.165) is 19.3 Å². The number of nitrogens with one attached hydrogen (secondary N) is 1. The molecule has 1 amide bonds. The molecule has 0 aromatic carbocycles. The fourth-order valence-electron chi connectivity index (χ4n) is 1.65. The van der Waals surface area contributed by atoms with Gasteiger partial charge in [-0.3, -0.25) is 9.59 Å². The highest BCUT2D eigenvalue weighted by atomic mass is 16.4. The van der Waals surface area contributed by atoms with Crippen LogP contribution in [0, 0.1) is 0 Å². The number of aliphatic carboxylic acids is 1. The van der Waals surface area contributed by atoms with Crippen molar-refractivity contribution in [3.8, 4) is 0 Å². The zero-order chi connectivity index (χ0) is 17.5. The molecule has 8 heteroatoms. The van der Waals surface area contributed by atoms with Gasteiger partial charge in [0.05, 0.1) is 12.3 Å². The number of primary amides is 1. The molecule has 0 fully saturated rings. The number of amides is 1. The Morgan fingerprint density at radius 2 is 1.64 bits per heavy atom. The summed E-state index contributed by atoms with van der Waals surface area (Å²) < 4.78 is 0. The first kappa shape index (κ1) is 23.1. The van der Waals surface area contributed by atoms with E-state index in [1.807, 2.05) is 6.92 Å². The number of nitrogens with two attached hydrogens (primary N) is 3. The van der Waals surface area contributed by atoms with Crippen molar-refractivity contribution in [2.24, 2.45) is 17.2 Å². The van der Waals surface area contributed by atoms with Crippen LogP contribution < -0.4 is 22.5 Å². The number of hydrogen-bond donors (Lipinski definition) is 6. The number of carbonyl (C=O) groups is 2. The minimum absolute atomic E-state index is 0.0217. The molecule has 0 spiro atoms. The van der Waals surface area contributed by atoms with Gasteiger partial charge in [-0.05, 0) is 19.3 Å². The second-order valence-corrected chi connectivity index (χ2v) is 5.20. The van der Waals surface area contributed by atoms with Crippen LogP contribution in [0.2, 0.25) is 0 Å². The molecular formula is C14H32N4O4. The van der Waals surface area contributed by atoms with E-state index in [1.54, 1.807) is 0 Å². The molecule has 9 N–H and O–H groups in total. The van der Waals surface area contributed by atoms with Crippen molar-refractivity contribution in [3.05, 3.63) is 0 Å². The van der Waals surface area contributed by atoms with Gasteiger partial charge in [-0.25, -0.2) is 0 Å². The summed E-state index contributed by atoms with van der Waals surface area (Å²) in [6.07, 6.45) is 2.97. The normalized spacial score (nSPS) is 13.2. The number of carboxylic acid groups (broad SMARTS) is 1. The van der Waals surface area contributed by atoms with Gasteiger partial charge < -0.3 is 32.7 Å². The summed E-state index contributed by atoms with van der Waals surface area (Å²) in [6, 6.07) is -0.834. The number of carboxylic acids is 1. The molecule has 2 atom stereocenters. The molecule has 0 bridgehead atoms. The van der Waals surface area contributed by atoms with Gasteiger partial charge in [-0.2, -0.15) is 0 Å². The fraction of sp³-hybridized carbons (Fsp3) is 0.857. The number of hydrogen-bond acceptors (Lipinski definition) is 6. The van der Waals surface area contributed by atoms with Crippen molar-refractivity contribution < 1.29 is 19.8 Å². The molecule has 8 nitrogen and oxygen atoms in total. The lowest BCUT2D eigenvalue weighted by Crippen LogP contribution is -2.41. The standard InChI is InChI=1S/C10H20N2O4.C4H12N2/c1-2-3-7(13)6-12-8(10(15)16)4-5-9(11)14;1-2-3-4(5)6/h7-8,12-13H,2-6H2,1H3,(H2,11,14)(H,15,16);4H,2-3,5-6H2,1H3/t7?,8-;/m0./s1. The Morgan fingerprint density at radius 1 is 1.09 bits per heavy atom. The largest absolute Gasteiger partial charge is 0.480 e. The van der Waals surface area contributed by atoms with E-state index in [0.29, 0.717) is 6.42 Å². The number of aliphatic hydroxyl groups is 1. The van der Waals surface area contributed by atoms with E-state index in [1.165, 1.54) is 0 Å². The third-order valence-corrected chi connectivity index (χ3v) is 2.82. The zero-order valence-electron chi connectivity index (χ0n) is 13.6. The van der Waals surface area contributed by atoms with E-state index in [-0.39, 0.29) is 25.6 Å². The third kappa shape index (κ3) is 16.8. The Morgan fingerprint density at radius 3 is 1.95 bits per heavy atom. The monoisotopic (exact) mass is 320 g/mol. The molecule has 0 saturated heterocycles. The molecule has 132 valence electrons. The fourth-order valence-corrected chi connectivity index (χ4v) is 1.65. The third-order valence-electron chi connectivity index (χ3n) is 2.82. The Labute approximate surface area is 132 Å². The van der Waals surface area contributed by atoms with E-state index in [4.69, 9.17) is 22.3 Å². The lowest BCUT2D eigenvalue weighted by atomic mass is 10.1. The molecule has 0 rings (SSSR count). The van der Waals surface area contributed by atoms with Crippen molar-refractivity contribution in [1.29, 1.82) is 0 Å². The maximum Gasteiger partial charge on any atom is 0.320 e. The molecule has 0 heterocycles. The summed E-state index contributed by atoms with van der Waals surface area (Å²) >= 11 is 0. The smallest absolute Gasteiger partial charge is 0.320 e. The van der Waals surface area contributed by atoms with Crippen LogP contribution in [0.4, 0.5) is 0 Å². The maximum absolute atomic E-state index is 10.8. The average Bonchev–Trinajstić information content (AvgIpc) is 2.38. The molecule has 0 aromatic rings. The first-order valence-corrected chi connectivity index (χ1v) is 7.68. The van der Waals surface area contributed by atoms with Crippen LogP contribution in [-0.4, -0.2) is 46.9 Å². The summed E-state index contributed by atoms with van der Waals surface area (Å²) in [6.45, 7) is 4.21. The first-order valence-electron chi connectivity index (χ1n) is 7.68. The van der Waals surface area contributed by atoms with Crippen LogP contribution >= 0.6 is 0 Å². The van der Waals surface area contributed by atoms with Crippen molar-refractivity contribution >= 4 is 11.9 Å². The lowest BCUT2D eigenvalue weighted by molar-refractivity contribution is -0.139. The van der Waals surface area contributed by atoms with Gasteiger partial charge in [0.25, 0.3) is 0 Å². The molecule has 0 aliphatic carbocycles. The maximum atomic E-state index is 10.8. The average molecular weight is 320 g/mol. The molecular weight excluding hydrogens is 288 g/mol. The van der Waals surface area contributed by atoms with Gasteiger partial charge in [0.2, 0.25) is 5.91 Å². The van der Waals surface area contributed by atoms with Crippen LogP contribution in [0.25, 0.3) is 0 Å². The highest BCUT2D eigenvalue weighted by molar-refractivity contribution is 5.77. The second-order valence-electron chi connectivity index (χ2n) is 5.20. The number of aliphatic hydroxyl groups excluding tert-OH is 1. The minimum atomic E-state index is -1.04. The highest BCUT2D eigenvalue weighted by Gasteiger charge is 2.18. The van der Waals surface area contributed by atoms with Crippen molar-refractivity contribution in [2.45, 2.75) is 70.7 Å². The molecule has 0 aliphatic rings. The predicted molar refractivity (Wildman–Crippen MR) is 85.8 cm³/mol.